The first kappa shape index (κ1) is 11.2. The molecule has 2 aromatic rings. The average molecular weight is 230 g/mol. The van der Waals surface area contributed by atoms with Crippen LogP contribution in [0.4, 0.5) is 11.5 Å². The van der Waals surface area contributed by atoms with E-state index in [0.29, 0.717) is 17.1 Å². The number of nitrogens with zero attached hydrogens (tertiary/aromatic N) is 1. The number of H-pyrrole nitrogens is 1. The molecule has 5 nitrogen and oxygen atoms in total. The van der Waals surface area contributed by atoms with Crippen molar-refractivity contribution in [3.05, 3.63) is 41.1 Å². The SMILES string of the molecule is Cc1cc(NC(=O)c2cc(N)ccc2C)n[nH]1. The van der Waals surface area contributed by atoms with Gasteiger partial charge in [0.25, 0.3) is 5.91 Å². The number of rotatable bonds is 2. The minimum Gasteiger partial charge on any atom is -0.399 e. The van der Waals surface area contributed by atoms with E-state index in [-0.39, 0.29) is 5.91 Å². The molecule has 0 aliphatic carbocycles. The smallest absolute Gasteiger partial charge is 0.257 e. The van der Waals surface area contributed by atoms with Gasteiger partial charge in [-0.2, -0.15) is 5.10 Å². The zero-order valence-electron chi connectivity index (χ0n) is 9.74. The van der Waals surface area contributed by atoms with E-state index in [1.165, 1.54) is 0 Å². The summed E-state index contributed by atoms with van der Waals surface area (Å²) in [6.07, 6.45) is 0. The van der Waals surface area contributed by atoms with Crippen molar-refractivity contribution in [1.82, 2.24) is 10.2 Å². The van der Waals surface area contributed by atoms with Crippen molar-refractivity contribution in [2.75, 3.05) is 11.1 Å². The molecule has 0 radical (unpaired) electrons. The second-order valence-corrected chi connectivity index (χ2v) is 3.96. The first-order chi connectivity index (χ1) is 8.06. The molecule has 0 bridgehead atoms. The highest BCUT2D eigenvalue weighted by molar-refractivity contribution is 6.05. The van der Waals surface area contributed by atoms with E-state index in [9.17, 15) is 4.79 Å². The van der Waals surface area contributed by atoms with Crippen molar-refractivity contribution in [3.8, 4) is 0 Å². The lowest BCUT2D eigenvalue weighted by Gasteiger charge is -2.06. The first-order valence-electron chi connectivity index (χ1n) is 5.26. The number of hydrogen-bond donors (Lipinski definition) is 3. The highest BCUT2D eigenvalue weighted by atomic mass is 16.1. The summed E-state index contributed by atoms with van der Waals surface area (Å²) < 4.78 is 0. The van der Waals surface area contributed by atoms with Crippen LogP contribution >= 0.6 is 0 Å². The summed E-state index contributed by atoms with van der Waals surface area (Å²) in [7, 11) is 0. The fourth-order valence-corrected chi connectivity index (χ4v) is 1.55. The van der Waals surface area contributed by atoms with E-state index in [2.05, 4.69) is 15.5 Å². The fourth-order valence-electron chi connectivity index (χ4n) is 1.55. The van der Waals surface area contributed by atoms with Crippen molar-refractivity contribution < 1.29 is 4.79 Å². The number of aryl methyl sites for hydroxylation is 2. The highest BCUT2D eigenvalue weighted by Crippen LogP contribution is 2.14. The normalized spacial score (nSPS) is 10.2. The molecule has 0 aliphatic rings. The Bertz CT molecular complexity index is 559. The number of carbonyl (C=O) groups excluding carboxylic acids is 1. The van der Waals surface area contributed by atoms with Crippen molar-refractivity contribution in [3.63, 3.8) is 0 Å². The minimum absolute atomic E-state index is 0.207. The molecule has 17 heavy (non-hydrogen) atoms. The maximum atomic E-state index is 12.0. The molecular formula is C12H14N4O. The van der Waals surface area contributed by atoms with Gasteiger partial charge in [0.05, 0.1) is 0 Å². The fraction of sp³-hybridized carbons (Fsp3) is 0.167. The number of nitrogens with two attached hydrogens (primary N) is 1. The molecular weight excluding hydrogens is 216 g/mol. The molecule has 5 heteroatoms. The third-order valence-corrected chi connectivity index (χ3v) is 2.45. The molecule has 0 aliphatic heterocycles. The zero-order chi connectivity index (χ0) is 12.4. The summed E-state index contributed by atoms with van der Waals surface area (Å²) in [6.45, 7) is 3.73. The molecule has 0 fully saturated rings. The van der Waals surface area contributed by atoms with Gasteiger partial charge in [-0.05, 0) is 31.5 Å². The largest absolute Gasteiger partial charge is 0.399 e. The Morgan fingerprint density at radius 1 is 1.35 bits per heavy atom. The first-order valence-corrected chi connectivity index (χ1v) is 5.26. The summed E-state index contributed by atoms with van der Waals surface area (Å²) in [5, 5.41) is 9.42. The van der Waals surface area contributed by atoms with E-state index < -0.39 is 0 Å². The van der Waals surface area contributed by atoms with Gasteiger partial charge in [0, 0.05) is 23.0 Å². The van der Waals surface area contributed by atoms with Crippen LogP contribution in [0.15, 0.2) is 24.3 Å². The molecule has 4 N–H and O–H groups in total. The molecule has 1 heterocycles. The van der Waals surface area contributed by atoms with Crippen LogP contribution in [0.25, 0.3) is 0 Å². The van der Waals surface area contributed by atoms with E-state index >= 15 is 0 Å². The van der Waals surface area contributed by atoms with E-state index in [1.54, 1.807) is 18.2 Å². The third kappa shape index (κ3) is 2.44. The van der Waals surface area contributed by atoms with Crippen molar-refractivity contribution in [2.45, 2.75) is 13.8 Å². The van der Waals surface area contributed by atoms with Gasteiger partial charge in [0.2, 0.25) is 0 Å². The Labute approximate surface area is 99.0 Å². The highest BCUT2D eigenvalue weighted by Gasteiger charge is 2.10. The van der Waals surface area contributed by atoms with Gasteiger partial charge in [0.15, 0.2) is 5.82 Å². The van der Waals surface area contributed by atoms with Crippen LogP contribution in [0, 0.1) is 13.8 Å². The quantitative estimate of drug-likeness (QED) is 0.688. The Balaban J connectivity index is 2.22. The average Bonchev–Trinajstić information content (AvgIpc) is 2.67. The number of carbonyl (C=O) groups is 1. The Kier molecular flexibility index (Phi) is 2.82. The van der Waals surface area contributed by atoms with Crippen LogP contribution in [-0.4, -0.2) is 16.1 Å². The van der Waals surface area contributed by atoms with Gasteiger partial charge < -0.3 is 11.1 Å². The number of benzene rings is 1. The van der Waals surface area contributed by atoms with Crippen molar-refractivity contribution >= 4 is 17.4 Å². The Hall–Kier alpha value is -2.30. The monoisotopic (exact) mass is 230 g/mol. The van der Waals surface area contributed by atoms with Gasteiger partial charge in [-0.3, -0.25) is 9.89 Å². The molecule has 0 unspecified atom stereocenters. The summed E-state index contributed by atoms with van der Waals surface area (Å²) in [6, 6.07) is 7.01. The lowest BCUT2D eigenvalue weighted by molar-refractivity contribution is 0.102. The van der Waals surface area contributed by atoms with Crippen LogP contribution < -0.4 is 11.1 Å². The molecule has 0 saturated heterocycles. The predicted molar refractivity (Wildman–Crippen MR) is 66.9 cm³/mol. The van der Waals surface area contributed by atoms with Gasteiger partial charge in [0.1, 0.15) is 0 Å². The molecule has 0 saturated carbocycles. The van der Waals surface area contributed by atoms with E-state index in [4.69, 9.17) is 5.73 Å². The van der Waals surface area contributed by atoms with Crippen LogP contribution in [0.2, 0.25) is 0 Å². The van der Waals surface area contributed by atoms with Gasteiger partial charge in [-0.1, -0.05) is 6.07 Å². The number of amides is 1. The van der Waals surface area contributed by atoms with Crippen LogP contribution in [-0.2, 0) is 0 Å². The number of nitrogen functional groups attached to an aromatic ring is 1. The van der Waals surface area contributed by atoms with Crippen LogP contribution in [0.3, 0.4) is 0 Å². The number of nitrogens with one attached hydrogen (secondary N) is 2. The molecule has 1 aromatic heterocycles. The van der Waals surface area contributed by atoms with Crippen molar-refractivity contribution in [1.29, 1.82) is 0 Å². The number of aromatic amines is 1. The summed E-state index contributed by atoms with van der Waals surface area (Å²) in [5.74, 6) is 0.302. The standard InChI is InChI=1S/C12H14N4O/c1-7-3-4-9(13)6-10(7)12(17)14-11-5-8(2)15-16-11/h3-6H,13H2,1-2H3,(H2,14,15,16,17). The summed E-state index contributed by atoms with van der Waals surface area (Å²) in [4.78, 5) is 12.0. The van der Waals surface area contributed by atoms with Crippen molar-refractivity contribution in [2.24, 2.45) is 0 Å². The van der Waals surface area contributed by atoms with Gasteiger partial charge in [-0.25, -0.2) is 0 Å². The summed E-state index contributed by atoms with van der Waals surface area (Å²) in [5.41, 5.74) is 8.56. The van der Waals surface area contributed by atoms with E-state index in [0.717, 1.165) is 11.3 Å². The molecule has 88 valence electrons. The Morgan fingerprint density at radius 2 is 2.12 bits per heavy atom. The maximum Gasteiger partial charge on any atom is 0.257 e. The van der Waals surface area contributed by atoms with Gasteiger partial charge in [-0.15, -0.1) is 0 Å². The lowest BCUT2D eigenvalue weighted by Crippen LogP contribution is -2.14. The predicted octanol–water partition coefficient (Wildman–Crippen LogP) is 1.86. The number of hydrogen-bond acceptors (Lipinski definition) is 3. The lowest BCUT2D eigenvalue weighted by atomic mass is 10.1. The minimum atomic E-state index is -0.207. The molecule has 1 aromatic carbocycles. The molecule has 0 atom stereocenters. The topological polar surface area (TPSA) is 83.8 Å². The molecule has 2 rings (SSSR count). The summed E-state index contributed by atoms with van der Waals surface area (Å²) >= 11 is 0. The third-order valence-electron chi connectivity index (χ3n) is 2.45. The number of anilines is 2. The number of aromatic nitrogens is 2. The van der Waals surface area contributed by atoms with Gasteiger partial charge >= 0.3 is 0 Å². The molecule has 1 amide bonds. The van der Waals surface area contributed by atoms with Crippen LogP contribution in [0.1, 0.15) is 21.6 Å². The van der Waals surface area contributed by atoms with E-state index in [1.807, 2.05) is 19.9 Å². The second-order valence-electron chi connectivity index (χ2n) is 3.96. The second kappa shape index (κ2) is 4.29. The maximum absolute atomic E-state index is 12.0. The molecule has 0 spiro atoms. The van der Waals surface area contributed by atoms with Crippen LogP contribution in [0.5, 0.6) is 0 Å². The zero-order valence-corrected chi connectivity index (χ0v) is 9.74. The Morgan fingerprint density at radius 3 is 2.76 bits per heavy atom.